The quantitative estimate of drug-likeness (QED) is 0.116. The largest absolute Gasteiger partial charge is 0.375 e. The summed E-state index contributed by atoms with van der Waals surface area (Å²) in [6, 6.07) is 29.4. The van der Waals surface area contributed by atoms with Gasteiger partial charge in [0.05, 0.1) is 50.9 Å². The summed E-state index contributed by atoms with van der Waals surface area (Å²) in [5, 5.41) is 17.6. The molecule has 0 saturated carbocycles. The molecule has 5 aromatic rings. The summed E-state index contributed by atoms with van der Waals surface area (Å²) in [4.78, 5) is 0. The topological polar surface area (TPSA) is 79.9 Å². The molecule has 2 aromatic heterocycles. The molecule has 0 aliphatic heterocycles. The number of benzene rings is 3. The molecular weight excluding hydrogens is 548 g/mol. The van der Waals surface area contributed by atoms with Gasteiger partial charge in [0, 0.05) is 24.2 Å². The fourth-order valence-electron chi connectivity index (χ4n) is 5.67. The van der Waals surface area contributed by atoms with Gasteiger partial charge in [-0.1, -0.05) is 123 Å². The molecule has 0 fully saturated rings. The van der Waals surface area contributed by atoms with Crippen molar-refractivity contribution in [1.82, 2.24) is 30.0 Å². The first-order valence-corrected chi connectivity index (χ1v) is 15.6. The van der Waals surface area contributed by atoms with Crippen LogP contribution in [0.1, 0.15) is 73.2 Å². The minimum Gasteiger partial charge on any atom is -0.375 e. The van der Waals surface area contributed by atoms with Crippen LogP contribution in [0.5, 0.6) is 0 Å². The lowest BCUT2D eigenvalue weighted by atomic mass is 9.86. The summed E-state index contributed by atoms with van der Waals surface area (Å²) in [7, 11) is 0. The van der Waals surface area contributed by atoms with Crippen LogP contribution in [-0.4, -0.2) is 43.2 Å². The molecule has 0 spiro atoms. The Labute approximate surface area is 261 Å². The first kappa shape index (κ1) is 31.3. The summed E-state index contributed by atoms with van der Waals surface area (Å²) in [6.07, 6.45) is 4.09. The van der Waals surface area contributed by atoms with Gasteiger partial charge >= 0.3 is 0 Å². The minimum absolute atomic E-state index is 0.228. The first-order valence-electron chi connectivity index (χ1n) is 15.6. The molecule has 0 aliphatic carbocycles. The average Bonchev–Trinajstić information content (AvgIpc) is 3.69. The van der Waals surface area contributed by atoms with E-state index in [1.54, 1.807) is 0 Å². The monoisotopic (exact) mass is 592 g/mol. The van der Waals surface area contributed by atoms with Crippen LogP contribution in [0.15, 0.2) is 97.3 Å². The highest BCUT2D eigenvalue weighted by atomic mass is 16.5. The summed E-state index contributed by atoms with van der Waals surface area (Å²) < 4.78 is 15.6. The predicted molar refractivity (Wildman–Crippen MR) is 172 cm³/mol. The molecule has 2 heterocycles. The van der Waals surface area contributed by atoms with Crippen molar-refractivity contribution in [2.45, 2.75) is 65.8 Å². The van der Waals surface area contributed by atoms with Gasteiger partial charge in [-0.25, -0.2) is 9.36 Å². The normalized spacial score (nSPS) is 13.0. The van der Waals surface area contributed by atoms with Gasteiger partial charge in [-0.05, 0) is 34.1 Å². The van der Waals surface area contributed by atoms with Crippen molar-refractivity contribution >= 4 is 0 Å². The van der Waals surface area contributed by atoms with Gasteiger partial charge in [-0.3, -0.25) is 0 Å². The average molecular weight is 593 g/mol. The summed E-state index contributed by atoms with van der Waals surface area (Å²) >= 11 is 0. The Balaban J connectivity index is 1.01. The van der Waals surface area contributed by atoms with Crippen LogP contribution >= 0.6 is 0 Å². The van der Waals surface area contributed by atoms with E-state index in [2.05, 4.69) is 121 Å². The van der Waals surface area contributed by atoms with E-state index >= 15 is 0 Å². The fourth-order valence-corrected chi connectivity index (χ4v) is 5.67. The molecule has 2 atom stereocenters. The summed E-state index contributed by atoms with van der Waals surface area (Å²) in [6.45, 7) is 12.5. The van der Waals surface area contributed by atoms with E-state index in [-0.39, 0.29) is 11.8 Å². The van der Waals surface area contributed by atoms with Crippen molar-refractivity contribution in [3.8, 4) is 0 Å². The van der Waals surface area contributed by atoms with E-state index in [4.69, 9.17) is 9.47 Å². The molecule has 8 nitrogen and oxygen atoms in total. The molecule has 3 aromatic carbocycles. The van der Waals surface area contributed by atoms with E-state index in [9.17, 15) is 0 Å². The Morgan fingerprint density at radius 1 is 0.545 bits per heavy atom. The lowest BCUT2D eigenvalue weighted by molar-refractivity contribution is 0.108. The van der Waals surface area contributed by atoms with Crippen molar-refractivity contribution in [1.29, 1.82) is 0 Å². The van der Waals surface area contributed by atoms with E-state index < -0.39 is 0 Å². The molecule has 0 radical (unpaired) electrons. The Hall–Kier alpha value is -4.14. The number of rotatable bonds is 16. The van der Waals surface area contributed by atoms with Crippen LogP contribution in [0.25, 0.3) is 0 Å². The second kappa shape index (κ2) is 15.5. The molecule has 44 heavy (non-hydrogen) atoms. The predicted octanol–water partition coefficient (Wildman–Crippen LogP) is 6.88. The fraction of sp³-hybridized carbons (Fsp3) is 0.389. The standard InChI is InChI=1S/C36H44N6O2/c1-27(2)35(31-11-7-5-8-12-31)33-23-41(39-37-33)19-21-43-25-29-15-17-30(18-16-29)26-44-22-20-42-24-34(38-40-42)36(28(3)4)32-13-9-6-10-14-32/h5-18,23-24,27-28,35-36H,19-22,25-26H2,1-4H3. The highest BCUT2D eigenvalue weighted by Gasteiger charge is 2.22. The van der Waals surface area contributed by atoms with E-state index in [1.165, 1.54) is 11.1 Å². The minimum atomic E-state index is 0.228. The smallest absolute Gasteiger partial charge is 0.0904 e. The first-order chi connectivity index (χ1) is 21.5. The highest BCUT2D eigenvalue weighted by molar-refractivity contribution is 5.29. The second-order valence-corrected chi connectivity index (χ2v) is 12.0. The molecule has 5 rings (SSSR count). The van der Waals surface area contributed by atoms with Gasteiger partial charge in [-0.15, -0.1) is 10.2 Å². The maximum absolute atomic E-state index is 5.94. The summed E-state index contributed by atoms with van der Waals surface area (Å²) in [5.74, 6) is 1.31. The second-order valence-electron chi connectivity index (χ2n) is 12.0. The van der Waals surface area contributed by atoms with Crippen molar-refractivity contribution in [3.05, 3.63) is 131 Å². The zero-order valence-electron chi connectivity index (χ0n) is 26.3. The van der Waals surface area contributed by atoms with Gasteiger partial charge in [0.1, 0.15) is 0 Å². The molecule has 0 bridgehead atoms. The molecular formula is C36H44N6O2. The molecule has 2 unspecified atom stereocenters. The van der Waals surface area contributed by atoms with Gasteiger partial charge < -0.3 is 9.47 Å². The van der Waals surface area contributed by atoms with Crippen molar-refractivity contribution in [3.63, 3.8) is 0 Å². The Kier molecular flexibility index (Phi) is 11.1. The van der Waals surface area contributed by atoms with Gasteiger partial charge in [0.2, 0.25) is 0 Å². The molecule has 0 saturated heterocycles. The Bertz CT molecular complexity index is 1410. The Morgan fingerprint density at radius 3 is 1.30 bits per heavy atom. The number of hydrogen-bond donors (Lipinski definition) is 0. The van der Waals surface area contributed by atoms with Crippen LogP contribution < -0.4 is 0 Å². The summed E-state index contributed by atoms with van der Waals surface area (Å²) in [5.41, 5.74) is 6.79. The van der Waals surface area contributed by atoms with Gasteiger partial charge in [-0.2, -0.15) is 0 Å². The third-order valence-corrected chi connectivity index (χ3v) is 7.89. The lowest BCUT2D eigenvalue weighted by Gasteiger charge is -2.18. The number of ether oxygens (including phenoxy) is 2. The maximum atomic E-state index is 5.94. The zero-order valence-corrected chi connectivity index (χ0v) is 26.3. The van der Waals surface area contributed by atoms with Crippen molar-refractivity contribution in [2.75, 3.05) is 13.2 Å². The van der Waals surface area contributed by atoms with E-state index in [0.717, 1.165) is 22.5 Å². The number of aromatic nitrogens is 6. The van der Waals surface area contributed by atoms with Crippen molar-refractivity contribution < 1.29 is 9.47 Å². The molecule has 8 heteroatoms. The number of hydrogen-bond acceptors (Lipinski definition) is 6. The van der Waals surface area contributed by atoms with Crippen LogP contribution in [0, 0.1) is 11.8 Å². The highest BCUT2D eigenvalue weighted by Crippen LogP contribution is 2.31. The van der Waals surface area contributed by atoms with Crippen LogP contribution in [0.4, 0.5) is 0 Å². The van der Waals surface area contributed by atoms with Crippen LogP contribution in [-0.2, 0) is 35.8 Å². The number of nitrogens with zero attached hydrogens (tertiary/aromatic N) is 6. The van der Waals surface area contributed by atoms with Gasteiger partial charge in [0.15, 0.2) is 0 Å². The van der Waals surface area contributed by atoms with Crippen molar-refractivity contribution in [2.24, 2.45) is 11.8 Å². The third kappa shape index (κ3) is 8.49. The van der Waals surface area contributed by atoms with Gasteiger partial charge in [0.25, 0.3) is 0 Å². The molecule has 0 aliphatic rings. The van der Waals surface area contributed by atoms with Crippen LogP contribution in [0.3, 0.4) is 0 Å². The Morgan fingerprint density at radius 2 is 0.932 bits per heavy atom. The van der Waals surface area contributed by atoms with E-state index in [0.29, 0.717) is 51.4 Å². The van der Waals surface area contributed by atoms with E-state index in [1.807, 2.05) is 33.9 Å². The lowest BCUT2D eigenvalue weighted by Crippen LogP contribution is -2.09. The molecule has 0 N–H and O–H groups in total. The third-order valence-electron chi connectivity index (χ3n) is 7.89. The van der Waals surface area contributed by atoms with Crippen LogP contribution in [0.2, 0.25) is 0 Å². The SMILES string of the molecule is CC(C)C(c1ccccc1)c1cn(CCOCc2ccc(COCCn3cc(C(c4ccccc4)C(C)C)nn3)cc2)nn1. The maximum Gasteiger partial charge on any atom is 0.0904 e. The molecule has 230 valence electrons. The zero-order chi connectivity index (χ0) is 30.7. The molecule has 0 amide bonds.